The summed E-state index contributed by atoms with van der Waals surface area (Å²) in [5.74, 6) is -1.06. The van der Waals surface area contributed by atoms with Crippen molar-refractivity contribution < 1.29 is 9.90 Å². The van der Waals surface area contributed by atoms with Gasteiger partial charge < -0.3 is 10.8 Å². The van der Waals surface area contributed by atoms with Crippen LogP contribution in [-0.2, 0) is 11.3 Å². The van der Waals surface area contributed by atoms with Crippen LogP contribution in [0.4, 0.5) is 0 Å². The molecule has 1 unspecified atom stereocenters. The van der Waals surface area contributed by atoms with Crippen LogP contribution in [0.15, 0.2) is 12.3 Å². The van der Waals surface area contributed by atoms with Crippen molar-refractivity contribution >= 4 is 5.97 Å². The third-order valence-electron chi connectivity index (χ3n) is 1.57. The van der Waals surface area contributed by atoms with Gasteiger partial charge in [0.15, 0.2) is 0 Å². The van der Waals surface area contributed by atoms with Crippen LogP contribution in [0.3, 0.4) is 0 Å². The monoisotopic (exact) mass is 169 g/mol. The Kier molecular flexibility index (Phi) is 2.44. The molecule has 0 spiro atoms. The lowest BCUT2D eigenvalue weighted by Crippen LogP contribution is -2.21. The first-order chi connectivity index (χ1) is 5.65. The summed E-state index contributed by atoms with van der Waals surface area (Å²) in [5.41, 5.74) is 5.72. The fraction of sp³-hybridized carbons (Fsp3) is 0.429. The van der Waals surface area contributed by atoms with Crippen LogP contribution >= 0.6 is 0 Å². The summed E-state index contributed by atoms with van der Waals surface area (Å²) in [6.07, 6.45) is 1.71. The molecule has 0 aromatic carbocycles. The van der Waals surface area contributed by atoms with Gasteiger partial charge in [-0.2, -0.15) is 5.10 Å². The lowest BCUT2D eigenvalue weighted by atomic mass is 10.2. The molecular formula is C7H11N3O2. The molecule has 12 heavy (non-hydrogen) atoms. The number of hydrogen-bond acceptors (Lipinski definition) is 3. The Morgan fingerprint density at radius 2 is 2.58 bits per heavy atom. The number of aliphatic carboxylic acids is 1. The van der Waals surface area contributed by atoms with Crippen LogP contribution in [-0.4, -0.2) is 20.9 Å². The quantitative estimate of drug-likeness (QED) is 0.666. The standard InChI is InChI=1S/C7H11N3O2/c1-2-10-4-3-5(9-10)6(8)7(11)12/h3-4,6H,2,8H2,1H3,(H,11,12). The molecule has 0 bridgehead atoms. The predicted octanol–water partition coefficient (Wildman–Crippen LogP) is -0.0126. The largest absolute Gasteiger partial charge is 0.480 e. The normalized spacial score (nSPS) is 12.8. The number of nitrogens with two attached hydrogens (primary N) is 1. The molecule has 0 amide bonds. The second-order valence-corrected chi connectivity index (χ2v) is 2.41. The Morgan fingerprint density at radius 3 is 3.00 bits per heavy atom. The van der Waals surface area contributed by atoms with Gasteiger partial charge in [0.25, 0.3) is 0 Å². The Bertz CT molecular complexity index is 282. The minimum Gasteiger partial charge on any atom is -0.480 e. The van der Waals surface area contributed by atoms with Gasteiger partial charge in [0, 0.05) is 12.7 Å². The molecule has 66 valence electrons. The van der Waals surface area contributed by atoms with E-state index in [0.717, 1.165) is 0 Å². The highest BCUT2D eigenvalue weighted by molar-refractivity contribution is 5.74. The number of carboxylic acids is 1. The van der Waals surface area contributed by atoms with Crippen molar-refractivity contribution in [1.82, 2.24) is 9.78 Å². The van der Waals surface area contributed by atoms with Crippen LogP contribution in [0.5, 0.6) is 0 Å². The number of rotatable bonds is 3. The third kappa shape index (κ3) is 1.62. The number of carboxylic acid groups (broad SMARTS) is 1. The lowest BCUT2D eigenvalue weighted by molar-refractivity contribution is -0.138. The topological polar surface area (TPSA) is 81.1 Å². The van der Waals surface area contributed by atoms with E-state index in [1.807, 2.05) is 6.92 Å². The number of carbonyl (C=O) groups is 1. The number of aromatic nitrogens is 2. The van der Waals surface area contributed by atoms with E-state index >= 15 is 0 Å². The molecule has 1 aromatic heterocycles. The highest BCUT2D eigenvalue weighted by Crippen LogP contribution is 2.06. The maximum atomic E-state index is 10.4. The molecule has 0 aliphatic rings. The Balaban J connectivity index is 2.81. The fourth-order valence-electron chi connectivity index (χ4n) is 0.846. The van der Waals surface area contributed by atoms with Crippen LogP contribution < -0.4 is 5.73 Å². The van der Waals surface area contributed by atoms with Crippen molar-refractivity contribution in [2.24, 2.45) is 5.73 Å². The van der Waals surface area contributed by atoms with Gasteiger partial charge in [-0.1, -0.05) is 0 Å². The molecule has 0 saturated carbocycles. The van der Waals surface area contributed by atoms with Crippen LogP contribution in [0.25, 0.3) is 0 Å². The first kappa shape index (κ1) is 8.73. The predicted molar refractivity (Wildman–Crippen MR) is 42.5 cm³/mol. The van der Waals surface area contributed by atoms with Gasteiger partial charge in [-0.15, -0.1) is 0 Å². The Labute approximate surface area is 69.8 Å². The van der Waals surface area contributed by atoms with Crippen LogP contribution in [0.1, 0.15) is 18.7 Å². The van der Waals surface area contributed by atoms with E-state index in [0.29, 0.717) is 12.2 Å². The van der Waals surface area contributed by atoms with E-state index in [4.69, 9.17) is 10.8 Å². The Hall–Kier alpha value is -1.36. The van der Waals surface area contributed by atoms with Gasteiger partial charge in [0.05, 0.1) is 5.69 Å². The lowest BCUT2D eigenvalue weighted by Gasteiger charge is -2.00. The molecule has 0 aliphatic carbocycles. The van der Waals surface area contributed by atoms with Crippen LogP contribution in [0, 0.1) is 0 Å². The summed E-state index contributed by atoms with van der Waals surface area (Å²) in [4.78, 5) is 10.4. The highest BCUT2D eigenvalue weighted by Gasteiger charge is 2.16. The molecule has 5 nitrogen and oxygen atoms in total. The maximum absolute atomic E-state index is 10.4. The van der Waals surface area contributed by atoms with Crippen molar-refractivity contribution in [2.45, 2.75) is 19.5 Å². The SMILES string of the molecule is CCn1ccc(C(N)C(=O)O)n1. The van der Waals surface area contributed by atoms with Crippen molar-refractivity contribution in [3.05, 3.63) is 18.0 Å². The van der Waals surface area contributed by atoms with E-state index in [-0.39, 0.29) is 0 Å². The summed E-state index contributed by atoms with van der Waals surface area (Å²) in [7, 11) is 0. The zero-order chi connectivity index (χ0) is 9.14. The minimum absolute atomic E-state index is 0.393. The first-order valence-corrected chi connectivity index (χ1v) is 3.67. The fourth-order valence-corrected chi connectivity index (χ4v) is 0.846. The van der Waals surface area contributed by atoms with E-state index in [9.17, 15) is 4.79 Å². The van der Waals surface area contributed by atoms with Crippen molar-refractivity contribution in [3.63, 3.8) is 0 Å². The molecule has 1 rings (SSSR count). The van der Waals surface area contributed by atoms with E-state index in [2.05, 4.69) is 5.10 Å². The highest BCUT2D eigenvalue weighted by atomic mass is 16.4. The summed E-state index contributed by atoms with van der Waals surface area (Å²) in [6.45, 7) is 2.63. The smallest absolute Gasteiger partial charge is 0.326 e. The molecule has 5 heteroatoms. The number of nitrogens with zero attached hydrogens (tertiary/aromatic N) is 2. The third-order valence-corrected chi connectivity index (χ3v) is 1.57. The van der Waals surface area contributed by atoms with Gasteiger partial charge >= 0.3 is 5.97 Å². The number of hydrogen-bond donors (Lipinski definition) is 2. The van der Waals surface area contributed by atoms with Crippen molar-refractivity contribution in [3.8, 4) is 0 Å². The molecule has 0 saturated heterocycles. The van der Waals surface area contributed by atoms with Crippen molar-refractivity contribution in [1.29, 1.82) is 0 Å². The van der Waals surface area contributed by atoms with Gasteiger partial charge in [-0.3, -0.25) is 9.48 Å². The average molecular weight is 169 g/mol. The van der Waals surface area contributed by atoms with E-state index in [1.165, 1.54) is 0 Å². The minimum atomic E-state index is -1.06. The van der Waals surface area contributed by atoms with E-state index < -0.39 is 12.0 Å². The summed E-state index contributed by atoms with van der Waals surface area (Å²) < 4.78 is 1.64. The second-order valence-electron chi connectivity index (χ2n) is 2.41. The molecule has 1 aromatic rings. The first-order valence-electron chi connectivity index (χ1n) is 3.67. The van der Waals surface area contributed by atoms with Gasteiger partial charge in [0.2, 0.25) is 0 Å². The summed E-state index contributed by atoms with van der Waals surface area (Å²) in [6, 6.07) is 0.597. The van der Waals surface area contributed by atoms with Gasteiger partial charge in [-0.05, 0) is 13.0 Å². The molecular weight excluding hydrogens is 158 g/mol. The molecule has 1 atom stereocenters. The summed E-state index contributed by atoms with van der Waals surface area (Å²) in [5, 5.41) is 12.5. The van der Waals surface area contributed by atoms with Crippen LogP contribution in [0.2, 0.25) is 0 Å². The molecule has 0 radical (unpaired) electrons. The number of aryl methyl sites for hydroxylation is 1. The van der Waals surface area contributed by atoms with Gasteiger partial charge in [-0.25, -0.2) is 0 Å². The Morgan fingerprint density at radius 1 is 1.92 bits per heavy atom. The second kappa shape index (κ2) is 3.36. The van der Waals surface area contributed by atoms with E-state index in [1.54, 1.807) is 16.9 Å². The van der Waals surface area contributed by atoms with Crippen molar-refractivity contribution in [2.75, 3.05) is 0 Å². The molecule has 0 fully saturated rings. The average Bonchev–Trinajstić information content (AvgIpc) is 2.50. The molecule has 1 heterocycles. The molecule has 3 N–H and O–H groups in total. The summed E-state index contributed by atoms with van der Waals surface area (Å²) >= 11 is 0. The zero-order valence-corrected chi connectivity index (χ0v) is 6.77. The zero-order valence-electron chi connectivity index (χ0n) is 6.77. The molecule has 0 aliphatic heterocycles. The maximum Gasteiger partial charge on any atom is 0.326 e. The van der Waals surface area contributed by atoms with Gasteiger partial charge in [0.1, 0.15) is 6.04 Å².